The highest BCUT2D eigenvalue weighted by Crippen LogP contribution is 2.29. The van der Waals surface area contributed by atoms with Crippen LogP contribution in [0.15, 0.2) is 60.7 Å². The second-order valence-electron chi connectivity index (χ2n) is 13.1. The smallest absolute Gasteiger partial charge is 0.224 e. The van der Waals surface area contributed by atoms with Gasteiger partial charge in [-0.05, 0) is 56.6 Å². The van der Waals surface area contributed by atoms with Gasteiger partial charge in [-0.1, -0.05) is 81.4 Å². The molecule has 2 aromatic rings. The molecule has 1 unspecified atom stereocenters. The van der Waals surface area contributed by atoms with Crippen molar-refractivity contribution in [2.75, 3.05) is 19.7 Å². The van der Waals surface area contributed by atoms with Crippen molar-refractivity contribution < 1.29 is 30.0 Å². The first-order valence-electron chi connectivity index (χ1n) is 14.7. The number of nitrogens with one attached hydrogen (secondary N) is 2. The van der Waals surface area contributed by atoms with Crippen LogP contribution >= 0.6 is 0 Å². The molecular formula is C33H50N3O6-. The fourth-order valence-electron chi connectivity index (χ4n) is 5.34. The number of nitrogens with zero attached hydrogens (tertiary/aromatic N) is 1. The van der Waals surface area contributed by atoms with Gasteiger partial charge in [0, 0.05) is 31.2 Å². The zero-order valence-electron chi connectivity index (χ0n) is 25.9. The molecule has 234 valence electrons. The molecule has 9 nitrogen and oxygen atoms in total. The summed E-state index contributed by atoms with van der Waals surface area (Å²) in [6.45, 7) is 11.0. The number of hydrogen-bond acceptors (Lipinski definition) is 7. The largest absolute Gasteiger partial charge is 0.530 e. The lowest BCUT2D eigenvalue weighted by Gasteiger charge is -2.45. The standard InChI is InChI=1S/C33H51N3O6/c1-32(2,3)25(17-18-37)30(40)35-26(19-23-13-9-7-10-14-23)28(38)21-34-22-29(39)27(20-24-15-11-8-12-16-24)36(31(41)42)33(4,5)6/h7-16,25-29,34,37-39H,17-22H2,1-6H3,(H,35,40)(H,41,42)/p-1/t25?,26-,27-,28+,29+/m0/s1. The molecule has 2 amide bonds. The number of aliphatic hydroxyl groups is 3. The molecule has 9 heteroatoms. The van der Waals surface area contributed by atoms with Crippen molar-refractivity contribution in [1.82, 2.24) is 15.5 Å². The van der Waals surface area contributed by atoms with E-state index >= 15 is 0 Å². The Morgan fingerprint density at radius 1 is 0.833 bits per heavy atom. The summed E-state index contributed by atoms with van der Waals surface area (Å²) in [5.74, 6) is -0.691. The van der Waals surface area contributed by atoms with Gasteiger partial charge in [0.15, 0.2) is 0 Å². The summed E-state index contributed by atoms with van der Waals surface area (Å²) in [6.07, 6.45) is -2.52. The van der Waals surface area contributed by atoms with E-state index in [-0.39, 0.29) is 37.4 Å². The van der Waals surface area contributed by atoms with E-state index in [1.54, 1.807) is 20.8 Å². The van der Waals surface area contributed by atoms with Gasteiger partial charge in [-0.2, -0.15) is 0 Å². The predicted molar refractivity (Wildman–Crippen MR) is 163 cm³/mol. The molecule has 0 fully saturated rings. The summed E-state index contributed by atoms with van der Waals surface area (Å²) in [7, 11) is 0. The Labute approximate surface area is 251 Å². The summed E-state index contributed by atoms with van der Waals surface area (Å²) in [5.41, 5.74) is 0.610. The third-order valence-corrected chi connectivity index (χ3v) is 7.56. The topological polar surface area (TPSA) is 145 Å². The van der Waals surface area contributed by atoms with Crippen LogP contribution in [-0.4, -0.2) is 81.7 Å². The number of carbonyl (C=O) groups is 2. The van der Waals surface area contributed by atoms with Crippen LogP contribution in [-0.2, 0) is 17.6 Å². The fraction of sp³-hybridized carbons (Fsp3) is 0.576. The Bertz CT molecular complexity index is 1080. The van der Waals surface area contributed by atoms with E-state index in [0.29, 0.717) is 12.8 Å². The van der Waals surface area contributed by atoms with Crippen molar-refractivity contribution in [3.63, 3.8) is 0 Å². The van der Waals surface area contributed by atoms with Crippen LogP contribution in [0.3, 0.4) is 0 Å². The van der Waals surface area contributed by atoms with Crippen LogP contribution in [0.25, 0.3) is 0 Å². The van der Waals surface area contributed by atoms with E-state index in [1.165, 1.54) is 4.90 Å². The highest BCUT2D eigenvalue weighted by Gasteiger charge is 2.35. The highest BCUT2D eigenvalue weighted by molar-refractivity contribution is 5.79. The first-order valence-corrected chi connectivity index (χ1v) is 14.7. The van der Waals surface area contributed by atoms with Gasteiger partial charge in [0.05, 0.1) is 24.3 Å². The minimum atomic E-state index is -1.37. The third-order valence-electron chi connectivity index (χ3n) is 7.56. The molecule has 0 aliphatic heterocycles. The first kappa shape index (κ1) is 35.2. The zero-order valence-corrected chi connectivity index (χ0v) is 25.9. The first-order chi connectivity index (χ1) is 19.6. The summed E-state index contributed by atoms with van der Waals surface area (Å²) in [6, 6.07) is 17.4. The number of amides is 2. The van der Waals surface area contributed by atoms with Crippen molar-refractivity contribution in [3.8, 4) is 0 Å². The lowest BCUT2D eigenvalue weighted by molar-refractivity contribution is -0.275. The van der Waals surface area contributed by atoms with Gasteiger partial charge in [-0.3, -0.25) is 4.79 Å². The van der Waals surface area contributed by atoms with Gasteiger partial charge in [0.2, 0.25) is 5.91 Å². The quantitative estimate of drug-likeness (QED) is 0.216. The summed E-state index contributed by atoms with van der Waals surface area (Å²) in [4.78, 5) is 26.7. The van der Waals surface area contributed by atoms with Gasteiger partial charge in [-0.15, -0.1) is 0 Å². The molecule has 0 saturated heterocycles. The average Bonchev–Trinajstić information content (AvgIpc) is 2.90. The molecule has 0 radical (unpaired) electrons. The van der Waals surface area contributed by atoms with Crippen molar-refractivity contribution >= 4 is 12.0 Å². The van der Waals surface area contributed by atoms with Crippen LogP contribution in [0, 0.1) is 11.3 Å². The fourth-order valence-corrected chi connectivity index (χ4v) is 5.34. The molecule has 0 heterocycles. The maximum Gasteiger partial charge on any atom is 0.224 e. The Balaban J connectivity index is 2.18. The number of carbonyl (C=O) groups excluding carboxylic acids is 2. The van der Waals surface area contributed by atoms with Crippen LogP contribution in [0.1, 0.15) is 59.1 Å². The van der Waals surface area contributed by atoms with E-state index in [4.69, 9.17) is 0 Å². The SMILES string of the molecule is CC(C)(C)C(CCO)C(=O)N[C@@H](Cc1ccccc1)[C@H](O)CNC[C@@H](O)[C@H](Cc1ccccc1)N(C(=O)[O-])C(C)(C)C. The molecular weight excluding hydrogens is 534 g/mol. The van der Waals surface area contributed by atoms with Gasteiger partial charge in [-0.25, -0.2) is 0 Å². The second kappa shape index (κ2) is 16.0. The molecule has 0 aromatic heterocycles. The van der Waals surface area contributed by atoms with Gasteiger partial charge in [0.25, 0.3) is 0 Å². The van der Waals surface area contributed by atoms with Gasteiger partial charge < -0.3 is 40.8 Å². The van der Waals surface area contributed by atoms with Crippen LogP contribution in [0.4, 0.5) is 4.79 Å². The second-order valence-corrected chi connectivity index (χ2v) is 13.1. The molecule has 0 bridgehead atoms. The number of carboxylic acid groups (broad SMARTS) is 1. The summed E-state index contributed by atoms with van der Waals surface area (Å²) < 4.78 is 0. The van der Waals surface area contributed by atoms with Crippen molar-refractivity contribution in [3.05, 3.63) is 71.8 Å². The Morgan fingerprint density at radius 3 is 1.79 bits per heavy atom. The molecule has 2 aromatic carbocycles. The maximum absolute atomic E-state index is 13.3. The molecule has 0 aliphatic rings. The number of rotatable bonds is 15. The van der Waals surface area contributed by atoms with Gasteiger partial charge in [0.1, 0.15) is 6.09 Å². The molecule has 0 aliphatic carbocycles. The summed E-state index contributed by atoms with van der Waals surface area (Å²) in [5, 5.41) is 50.3. The van der Waals surface area contributed by atoms with E-state index in [1.807, 2.05) is 81.4 Å². The normalized spacial score (nSPS) is 15.7. The van der Waals surface area contributed by atoms with Gasteiger partial charge >= 0.3 is 0 Å². The van der Waals surface area contributed by atoms with Crippen molar-refractivity contribution in [1.29, 1.82) is 0 Å². The minimum Gasteiger partial charge on any atom is -0.530 e. The molecule has 5 atom stereocenters. The van der Waals surface area contributed by atoms with Crippen LogP contribution in [0.2, 0.25) is 0 Å². The van der Waals surface area contributed by atoms with Crippen LogP contribution < -0.4 is 15.7 Å². The lowest BCUT2D eigenvalue weighted by atomic mass is 9.78. The van der Waals surface area contributed by atoms with Crippen LogP contribution in [0.5, 0.6) is 0 Å². The molecule has 5 N–H and O–H groups in total. The zero-order chi connectivity index (χ0) is 31.5. The Morgan fingerprint density at radius 2 is 1.33 bits per heavy atom. The predicted octanol–water partition coefficient (Wildman–Crippen LogP) is 2.13. The average molecular weight is 585 g/mol. The summed E-state index contributed by atoms with van der Waals surface area (Å²) >= 11 is 0. The Hall–Kier alpha value is -2.98. The number of benzene rings is 2. The molecule has 0 spiro atoms. The van der Waals surface area contributed by atoms with E-state index in [2.05, 4.69) is 10.6 Å². The number of aliphatic hydroxyl groups excluding tert-OH is 3. The third kappa shape index (κ3) is 11.0. The van der Waals surface area contributed by atoms with E-state index in [0.717, 1.165) is 11.1 Å². The minimum absolute atomic E-state index is 0.00948. The lowest BCUT2D eigenvalue weighted by Crippen LogP contribution is -2.62. The molecule has 2 rings (SSSR count). The van der Waals surface area contributed by atoms with E-state index < -0.39 is 41.8 Å². The highest BCUT2D eigenvalue weighted by atomic mass is 16.4. The number of hydrogen-bond donors (Lipinski definition) is 5. The Kier molecular flexibility index (Phi) is 13.4. The monoisotopic (exact) mass is 584 g/mol. The van der Waals surface area contributed by atoms with Crippen molar-refractivity contribution in [2.24, 2.45) is 11.3 Å². The molecule has 0 saturated carbocycles. The molecule has 42 heavy (non-hydrogen) atoms. The van der Waals surface area contributed by atoms with Crippen molar-refractivity contribution in [2.45, 2.75) is 90.6 Å². The maximum atomic E-state index is 13.3. The van der Waals surface area contributed by atoms with E-state index in [9.17, 15) is 30.0 Å².